The Hall–Kier alpha value is -1.87. The Labute approximate surface area is 150 Å². The molecule has 3 aromatic carbocycles. The van der Waals surface area contributed by atoms with Crippen molar-refractivity contribution in [3.63, 3.8) is 0 Å². The van der Waals surface area contributed by atoms with Crippen LogP contribution in [0.2, 0.25) is 5.02 Å². The SMILES string of the molecule is CC(C)(O)c1ccc(Cl)cc1-c1cccc2c1sc1ccccc12. The van der Waals surface area contributed by atoms with Gasteiger partial charge in [0, 0.05) is 25.2 Å². The second-order valence-electron chi connectivity index (χ2n) is 6.53. The van der Waals surface area contributed by atoms with Gasteiger partial charge in [-0.3, -0.25) is 0 Å². The van der Waals surface area contributed by atoms with E-state index in [1.807, 2.05) is 32.0 Å². The second kappa shape index (κ2) is 5.59. The lowest BCUT2D eigenvalue weighted by Crippen LogP contribution is -2.16. The number of hydrogen-bond acceptors (Lipinski definition) is 2. The van der Waals surface area contributed by atoms with Crippen molar-refractivity contribution < 1.29 is 5.11 Å². The third-order valence-electron chi connectivity index (χ3n) is 4.34. The van der Waals surface area contributed by atoms with Gasteiger partial charge in [0.2, 0.25) is 0 Å². The molecule has 1 N–H and O–H groups in total. The maximum absolute atomic E-state index is 10.6. The monoisotopic (exact) mass is 352 g/mol. The summed E-state index contributed by atoms with van der Waals surface area (Å²) in [6.07, 6.45) is 0. The van der Waals surface area contributed by atoms with E-state index >= 15 is 0 Å². The smallest absolute Gasteiger partial charge is 0.0846 e. The van der Waals surface area contributed by atoms with Gasteiger partial charge in [0.25, 0.3) is 0 Å². The van der Waals surface area contributed by atoms with Gasteiger partial charge in [-0.25, -0.2) is 0 Å². The van der Waals surface area contributed by atoms with Crippen LogP contribution < -0.4 is 0 Å². The Morgan fingerprint density at radius 2 is 1.62 bits per heavy atom. The Balaban J connectivity index is 2.10. The Bertz CT molecular complexity index is 1060. The predicted octanol–water partition coefficient (Wildman–Crippen LogP) is 6.60. The van der Waals surface area contributed by atoms with E-state index in [0.29, 0.717) is 5.02 Å². The first-order valence-corrected chi connectivity index (χ1v) is 9.07. The van der Waals surface area contributed by atoms with E-state index in [1.165, 1.54) is 20.2 Å². The van der Waals surface area contributed by atoms with Gasteiger partial charge < -0.3 is 5.11 Å². The van der Waals surface area contributed by atoms with Gasteiger partial charge >= 0.3 is 0 Å². The molecule has 4 aromatic rings. The summed E-state index contributed by atoms with van der Waals surface area (Å²) in [5, 5.41) is 13.8. The molecule has 1 heterocycles. The summed E-state index contributed by atoms with van der Waals surface area (Å²) in [5.41, 5.74) is 2.07. The summed E-state index contributed by atoms with van der Waals surface area (Å²) in [4.78, 5) is 0. The fraction of sp³-hybridized carbons (Fsp3) is 0.143. The molecule has 120 valence electrons. The van der Waals surface area contributed by atoms with Gasteiger partial charge in [-0.1, -0.05) is 54.1 Å². The first kappa shape index (κ1) is 15.6. The van der Waals surface area contributed by atoms with Crippen molar-refractivity contribution in [2.75, 3.05) is 0 Å². The first-order chi connectivity index (χ1) is 11.4. The standard InChI is InChI=1S/C21H17ClOS/c1-21(2,23)18-11-10-13(22)12-17(18)16-8-5-7-15-14-6-3-4-9-19(14)24-20(15)16/h3-12,23H,1-2H3. The van der Waals surface area contributed by atoms with Crippen molar-refractivity contribution in [3.05, 3.63) is 71.2 Å². The fourth-order valence-corrected chi connectivity index (χ4v) is 4.63. The topological polar surface area (TPSA) is 20.2 Å². The van der Waals surface area contributed by atoms with Crippen LogP contribution in [0.15, 0.2) is 60.7 Å². The quantitative estimate of drug-likeness (QED) is 0.430. The molecule has 0 radical (unpaired) electrons. The van der Waals surface area contributed by atoms with Crippen molar-refractivity contribution >= 4 is 43.1 Å². The largest absolute Gasteiger partial charge is 0.386 e. The number of rotatable bonds is 2. The summed E-state index contributed by atoms with van der Waals surface area (Å²) in [6.45, 7) is 3.62. The molecule has 0 fully saturated rings. The van der Waals surface area contributed by atoms with Gasteiger partial charge in [-0.15, -0.1) is 11.3 Å². The van der Waals surface area contributed by atoms with E-state index in [1.54, 1.807) is 11.3 Å². The molecule has 4 rings (SSSR count). The van der Waals surface area contributed by atoms with Gasteiger partial charge in [0.1, 0.15) is 0 Å². The number of hydrogen-bond donors (Lipinski definition) is 1. The lowest BCUT2D eigenvalue weighted by molar-refractivity contribution is 0.0792. The fourth-order valence-electron chi connectivity index (χ4n) is 3.23. The van der Waals surface area contributed by atoms with Crippen LogP contribution in [0.3, 0.4) is 0 Å². The van der Waals surface area contributed by atoms with Crippen LogP contribution in [0.25, 0.3) is 31.3 Å². The maximum atomic E-state index is 10.6. The average Bonchev–Trinajstić information content (AvgIpc) is 2.92. The van der Waals surface area contributed by atoms with Gasteiger partial charge in [-0.05, 0) is 48.7 Å². The van der Waals surface area contributed by atoms with Crippen LogP contribution in [0.1, 0.15) is 19.4 Å². The van der Waals surface area contributed by atoms with Crippen LogP contribution in [0.4, 0.5) is 0 Å². The molecule has 0 atom stereocenters. The highest BCUT2D eigenvalue weighted by Crippen LogP contribution is 2.42. The zero-order chi connectivity index (χ0) is 16.9. The van der Waals surface area contributed by atoms with E-state index in [9.17, 15) is 5.11 Å². The third-order valence-corrected chi connectivity index (χ3v) is 5.79. The van der Waals surface area contributed by atoms with E-state index < -0.39 is 5.60 Å². The number of halogens is 1. The molecular formula is C21H17ClOS. The molecule has 24 heavy (non-hydrogen) atoms. The molecule has 0 amide bonds. The molecule has 0 aliphatic carbocycles. The van der Waals surface area contributed by atoms with E-state index in [4.69, 9.17) is 11.6 Å². The van der Waals surface area contributed by atoms with Crippen molar-refractivity contribution in [1.82, 2.24) is 0 Å². The highest BCUT2D eigenvalue weighted by Gasteiger charge is 2.22. The van der Waals surface area contributed by atoms with Crippen LogP contribution in [0.5, 0.6) is 0 Å². The van der Waals surface area contributed by atoms with E-state index in [-0.39, 0.29) is 0 Å². The minimum Gasteiger partial charge on any atom is -0.386 e. The molecule has 0 aliphatic rings. The summed E-state index contributed by atoms with van der Waals surface area (Å²) >= 11 is 8.05. The zero-order valence-electron chi connectivity index (χ0n) is 13.5. The average molecular weight is 353 g/mol. The van der Waals surface area contributed by atoms with E-state index in [2.05, 4.69) is 42.5 Å². The Kier molecular flexibility index (Phi) is 3.65. The lowest BCUT2D eigenvalue weighted by Gasteiger charge is -2.22. The normalized spacial score (nSPS) is 12.2. The van der Waals surface area contributed by atoms with Gasteiger partial charge in [-0.2, -0.15) is 0 Å². The Morgan fingerprint density at radius 3 is 2.42 bits per heavy atom. The second-order valence-corrected chi connectivity index (χ2v) is 8.02. The molecule has 3 heteroatoms. The maximum Gasteiger partial charge on any atom is 0.0846 e. The highest BCUT2D eigenvalue weighted by molar-refractivity contribution is 7.26. The summed E-state index contributed by atoms with van der Waals surface area (Å²) in [7, 11) is 0. The van der Waals surface area contributed by atoms with Crippen LogP contribution in [0, 0.1) is 0 Å². The molecular weight excluding hydrogens is 336 g/mol. The minimum atomic E-state index is -0.932. The van der Waals surface area contributed by atoms with Crippen molar-refractivity contribution in [1.29, 1.82) is 0 Å². The molecule has 1 aromatic heterocycles. The first-order valence-electron chi connectivity index (χ1n) is 7.88. The number of aliphatic hydroxyl groups is 1. The lowest BCUT2D eigenvalue weighted by atomic mass is 9.89. The van der Waals surface area contributed by atoms with Gasteiger partial charge in [0.15, 0.2) is 0 Å². The Morgan fingerprint density at radius 1 is 0.875 bits per heavy atom. The number of benzene rings is 3. The van der Waals surface area contributed by atoms with Crippen molar-refractivity contribution in [2.45, 2.75) is 19.4 Å². The van der Waals surface area contributed by atoms with Gasteiger partial charge in [0.05, 0.1) is 5.60 Å². The summed E-state index contributed by atoms with van der Waals surface area (Å²) in [6, 6.07) is 20.5. The number of fused-ring (bicyclic) bond motifs is 3. The van der Waals surface area contributed by atoms with Crippen LogP contribution in [-0.2, 0) is 5.60 Å². The molecule has 1 nitrogen and oxygen atoms in total. The zero-order valence-corrected chi connectivity index (χ0v) is 15.1. The third kappa shape index (κ3) is 2.51. The van der Waals surface area contributed by atoms with Crippen molar-refractivity contribution in [3.8, 4) is 11.1 Å². The summed E-state index contributed by atoms with van der Waals surface area (Å²) < 4.78 is 2.50. The molecule has 0 unspecified atom stereocenters. The minimum absolute atomic E-state index is 0.677. The highest BCUT2D eigenvalue weighted by atomic mass is 35.5. The number of thiophene rings is 1. The molecule has 0 aliphatic heterocycles. The molecule has 0 spiro atoms. The molecule has 0 saturated heterocycles. The van der Waals surface area contributed by atoms with E-state index in [0.717, 1.165) is 16.7 Å². The van der Waals surface area contributed by atoms with Crippen molar-refractivity contribution in [2.24, 2.45) is 0 Å². The molecule has 0 saturated carbocycles. The predicted molar refractivity (Wildman–Crippen MR) is 105 cm³/mol. The molecule has 0 bridgehead atoms. The van der Waals surface area contributed by atoms with Crippen LogP contribution >= 0.6 is 22.9 Å². The summed E-state index contributed by atoms with van der Waals surface area (Å²) in [5.74, 6) is 0. The van der Waals surface area contributed by atoms with Crippen LogP contribution in [-0.4, -0.2) is 5.11 Å².